The van der Waals surface area contributed by atoms with E-state index in [1.54, 1.807) is 17.3 Å². The quantitative estimate of drug-likeness (QED) is 0.902. The Bertz CT molecular complexity index is 701. The Balaban J connectivity index is 1.95. The summed E-state index contributed by atoms with van der Waals surface area (Å²) in [6.45, 7) is 4.12. The first-order chi connectivity index (χ1) is 10.4. The van der Waals surface area contributed by atoms with Gasteiger partial charge in [-0.05, 0) is 38.8 Å². The van der Waals surface area contributed by atoms with Gasteiger partial charge < -0.3 is 10.1 Å². The van der Waals surface area contributed by atoms with Crippen molar-refractivity contribution < 1.29 is 17.9 Å². The summed E-state index contributed by atoms with van der Waals surface area (Å²) in [7, 11) is -3.54. The van der Waals surface area contributed by atoms with E-state index in [4.69, 9.17) is 4.74 Å². The van der Waals surface area contributed by atoms with Crippen molar-refractivity contribution in [1.29, 1.82) is 0 Å². The minimum atomic E-state index is -3.54. The third-order valence-electron chi connectivity index (χ3n) is 4.23. The molecular formula is C15H20N2O4S. The van der Waals surface area contributed by atoms with Crippen LogP contribution in [0.1, 0.15) is 33.1 Å². The van der Waals surface area contributed by atoms with Crippen LogP contribution in [0, 0.1) is 0 Å². The van der Waals surface area contributed by atoms with Crippen LogP contribution in [-0.4, -0.2) is 37.3 Å². The summed E-state index contributed by atoms with van der Waals surface area (Å²) in [5.41, 5.74) is 0.508. The highest BCUT2D eigenvalue weighted by Crippen LogP contribution is 2.34. The van der Waals surface area contributed by atoms with Gasteiger partial charge in [-0.25, -0.2) is 8.42 Å². The molecular weight excluding hydrogens is 304 g/mol. The van der Waals surface area contributed by atoms with Crippen LogP contribution < -0.4 is 10.1 Å². The van der Waals surface area contributed by atoms with Crippen molar-refractivity contribution in [3.8, 4) is 5.75 Å². The van der Waals surface area contributed by atoms with Gasteiger partial charge in [-0.1, -0.05) is 6.42 Å². The average Bonchev–Trinajstić information content (AvgIpc) is 2.48. The molecule has 1 N–H and O–H groups in total. The molecule has 22 heavy (non-hydrogen) atoms. The number of anilines is 1. The molecule has 1 amide bonds. The number of amides is 1. The van der Waals surface area contributed by atoms with E-state index in [1.807, 2.05) is 6.92 Å². The van der Waals surface area contributed by atoms with Gasteiger partial charge in [0.05, 0.1) is 10.6 Å². The lowest BCUT2D eigenvalue weighted by atomic mass is 10.1. The number of sulfonamides is 1. The summed E-state index contributed by atoms with van der Waals surface area (Å²) >= 11 is 0. The van der Waals surface area contributed by atoms with E-state index in [1.165, 1.54) is 12.1 Å². The second-order valence-electron chi connectivity index (χ2n) is 5.87. The van der Waals surface area contributed by atoms with Crippen molar-refractivity contribution in [3.63, 3.8) is 0 Å². The van der Waals surface area contributed by atoms with Gasteiger partial charge in [0, 0.05) is 18.7 Å². The van der Waals surface area contributed by atoms with Crippen molar-refractivity contribution in [1.82, 2.24) is 4.31 Å². The Labute approximate surface area is 130 Å². The predicted octanol–water partition coefficient (Wildman–Crippen LogP) is 1.97. The summed E-state index contributed by atoms with van der Waals surface area (Å²) in [5, 5.41) is 2.70. The van der Waals surface area contributed by atoms with Gasteiger partial charge in [-0.2, -0.15) is 4.31 Å². The van der Waals surface area contributed by atoms with Crippen LogP contribution in [-0.2, 0) is 14.8 Å². The van der Waals surface area contributed by atoms with Crippen LogP contribution >= 0.6 is 0 Å². The monoisotopic (exact) mass is 324 g/mol. The summed E-state index contributed by atoms with van der Waals surface area (Å²) < 4.78 is 32.7. The zero-order valence-electron chi connectivity index (χ0n) is 12.7. The van der Waals surface area contributed by atoms with E-state index >= 15 is 0 Å². The highest BCUT2D eigenvalue weighted by Gasteiger charge is 2.32. The lowest BCUT2D eigenvalue weighted by Gasteiger charge is -2.32. The number of rotatable bonds is 2. The van der Waals surface area contributed by atoms with E-state index in [0.29, 0.717) is 18.0 Å². The lowest BCUT2D eigenvalue weighted by Crippen LogP contribution is -2.42. The first-order valence-corrected chi connectivity index (χ1v) is 8.97. The fourth-order valence-corrected chi connectivity index (χ4v) is 4.62. The number of benzene rings is 1. The van der Waals surface area contributed by atoms with Gasteiger partial charge in [0.15, 0.2) is 6.10 Å². The number of hydrogen-bond donors (Lipinski definition) is 1. The van der Waals surface area contributed by atoms with E-state index in [-0.39, 0.29) is 16.8 Å². The van der Waals surface area contributed by atoms with Crippen LogP contribution in [0.5, 0.6) is 5.75 Å². The molecule has 1 fully saturated rings. The van der Waals surface area contributed by atoms with Gasteiger partial charge in [0.1, 0.15) is 5.75 Å². The second kappa shape index (κ2) is 5.55. The maximum atomic E-state index is 12.8. The Morgan fingerprint density at radius 3 is 2.77 bits per heavy atom. The van der Waals surface area contributed by atoms with Gasteiger partial charge >= 0.3 is 0 Å². The Morgan fingerprint density at radius 1 is 1.27 bits per heavy atom. The molecule has 6 nitrogen and oxygen atoms in total. The molecule has 2 aliphatic rings. The molecule has 0 aliphatic carbocycles. The third kappa shape index (κ3) is 2.59. The smallest absolute Gasteiger partial charge is 0.265 e. The second-order valence-corrected chi connectivity index (χ2v) is 7.76. The topological polar surface area (TPSA) is 75.7 Å². The summed E-state index contributed by atoms with van der Waals surface area (Å²) in [4.78, 5) is 11.8. The molecule has 0 saturated carbocycles. The van der Waals surface area contributed by atoms with Crippen LogP contribution in [0.2, 0.25) is 0 Å². The average molecular weight is 324 g/mol. The molecule has 0 radical (unpaired) electrons. The Hall–Kier alpha value is -1.60. The Kier molecular flexibility index (Phi) is 3.86. The van der Waals surface area contributed by atoms with E-state index in [0.717, 1.165) is 19.3 Å². The first kappa shape index (κ1) is 15.3. The molecule has 1 aromatic carbocycles. The van der Waals surface area contributed by atoms with Crippen molar-refractivity contribution in [2.75, 3.05) is 11.9 Å². The first-order valence-electron chi connectivity index (χ1n) is 7.53. The number of ether oxygens (including phenoxy) is 1. The van der Waals surface area contributed by atoms with E-state index in [9.17, 15) is 13.2 Å². The van der Waals surface area contributed by atoms with Crippen LogP contribution in [0.4, 0.5) is 5.69 Å². The number of hydrogen-bond acceptors (Lipinski definition) is 4. The Morgan fingerprint density at radius 2 is 2.05 bits per heavy atom. The SMILES string of the molecule is C[C@@H]1CCCCN1S(=O)(=O)c1ccc2c(c1)O[C@H](C)C(=O)N2. The largest absolute Gasteiger partial charge is 0.479 e. The van der Waals surface area contributed by atoms with E-state index < -0.39 is 16.1 Å². The minimum absolute atomic E-state index is 0.00864. The predicted molar refractivity (Wildman–Crippen MR) is 82.4 cm³/mol. The number of nitrogens with zero attached hydrogens (tertiary/aromatic N) is 1. The standard InChI is InChI=1S/C15H20N2O4S/c1-10-5-3-4-8-17(10)22(19,20)12-6-7-13-14(9-12)21-11(2)15(18)16-13/h6-7,9-11H,3-5,8H2,1-2H3,(H,16,18)/t10-,11-/m1/s1. The number of carbonyl (C=O) groups excluding carboxylic acids is 1. The molecule has 1 saturated heterocycles. The molecule has 1 aromatic rings. The van der Waals surface area contributed by atoms with Crippen molar-refractivity contribution in [2.24, 2.45) is 0 Å². The number of fused-ring (bicyclic) bond motifs is 1. The fourth-order valence-electron chi connectivity index (χ4n) is 2.91. The van der Waals surface area contributed by atoms with E-state index in [2.05, 4.69) is 5.32 Å². The zero-order chi connectivity index (χ0) is 15.9. The third-order valence-corrected chi connectivity index (χ3v) is 6.24. The van der Waals surface area contributed by atoms with Crippen molar-refractivity contribution >= 4 is 21.6 Å². The van der Waals surface area contributed by atoms with Gasteiger partial charge in [0.25, 0.3) is 5.91 Å². The molecule has 7 heteroatoms. The number of piperidine rings is 1. The molecule has 0 aromatic heterocycles. The van der Waals surface area contributed by atoms with Crippen LogP contribution in [0.3, 0.4) is 0 Å². The van der Waals surface area contributed by atoms with Gasteiger partial charge in [-0.3, -0.25) is 4.79 Å². The molecule has 0 spiro atoms. The van der Waals surface area contributed by atoms with Crippen molar-refractivity contribution in [2.45, 2.75) is 50.2 Å². The fraction of sp³-hybridized carbons (Fsp3) is 0.533. The molecule has 3 rings (SSSR count). The normalized spacial score (nSPS) is 26.0. The number of nitrogens with one attached hydrogen (secondary N) is 1. The summed E-state index contributed by atoms with van der Waals surface area (Å²) in [5.74, 6) is 0.172. The van der Waals surface area contributed by atoms with Crippen LogP contribution in [0.15, 0.2) is 23.1 Å². The number of carbonyl (C=O) groups is 1. The highest BCUT2D eigenvalue weighted by atomic mass is 32.2. The maximum Gasteiger partial charge on any atom is 0.265 e. The molecule has 2 heterocycles. The summed E-state index contributed by atoms with van der Waals surface area (Å²) in [6.07, 6.45) is 2.20. The van der Waals surface area contributed by atoms with Gasteiger partial charge in [0.2, 0.25) is 10.0 Å². The highest BCUT2D eigenvalue weighted by molar-refractivity contribution is 7.89. The zero-order valence-corrected chi connectivity index (χ0v) is 13.5. The molecule has 0 bridgehead atoms. The minimum Gasteiger partial charge on any atom is -0.479 e. The lowest BCUT2D eigenvalue weighted by molar-refractivity contribution is -0.122. The molecule has 2 aliphatic heterocycles. The van der Waals surface area contributed by atoms with Crippen LogP contribution in [0.25, 0.3) is 0 Å². The molecule has 120 valence electrons. The molecule has 2 atom stereocenters. The molecule has 0 unspecified atom stereocenters. The summed E-state index contributed by atoms with van der Waals surface area (Å²) in [6, 6.07) is 4.62. The van der Waals surface area contributed by atoms with Crippen molar-refractivity contribution in [3.05, 3.63) is 18.2 Å². The van der Waals surface area contributed by atoms with Gasteiger partial charge in [-0.15, -0.1) is 0 Å². The maximum absolute atomic E-state index is 12.8.